The van der Waals surface area contributed by atoms with E-state index in [9.17, 15) is 14.0 Å². The Hall–Kier alpha value is -3.35. The molecule has 6 nitrogen and oxygen atoms in total. The lowest BCUT2D eigenvalue weighted by Gasteiger charge is -2.30. The zero-order valence-corrected chi connectivity index (χ0v) is 19.1. The van der Waals surface area contributed by atoms with Crippen LogP contribution in [0, 0.1) is 5.82 Å². The monoisotopic (exact) mass is 451 g/mol. The molecule has 0 bridgehead atoms. The van der Waals surface area contributed by atoms with Gasteiger partial charge in [0.05, 0.1) is 7.11 Å². The van der Waals surface area contributed by atoms with Gasteiger partial charge >= 0.3 is 0 Å². The Labute approximate surface area is 193 Å². The SMILES string of the molecule is COc1ccc(CC2(CCC(=O)NC(C)Cn3ccc4ccccc43)CCC(=O)N2)c(F)c1. The topological polar surface area (TPSA) is 72.4 Å². The second-order valence-electron chi connectivity index (χ2n) is 8.96. The zero-order chi connectivity index (χ0) is 23.4. The van der Waals surface area contributed by atoms with Crippen molar-refractivity contribution in [2.24, 2.45) is 0 Å². The van der Waals surface area contributed by atoms with Crippen molar-refractivity contribution in [3.05, 3.63) is 66.1 Å². The second-order valence-corrected chi connectivity index (χ2v) is 8.96. The van der Waals surface area contributed by atoms with Crippen LogP contribution in [0.3, 0.4) is 0 Å². The summed E-state index contributed by atoms with van der Waals surface area (Å²) in [6, 6.07) is 14.9. The van der Waals surface area contributed by atoms with Gasteiger partial charge < -0.3 is 19.9 Å². The summed E-state index contributed by atoms with van der Waals surface area (Å²) in [6.07, 6.45) is 4.04. The Kier molecular flexibility index (Phi) is 6.67. The van der Waals surface area contributed by atoms with Crippen LogP contribution in [0.2, 0.25) is 0 Å². The van der Waals surface area contributed by atoms with E-state index in [-0.39, 0.29) is 30.1 Å². The molecule has 7 heteroatoms. The number of nitrogens with one attached hydrogen (secondary N) is 2. The van der Waals surface area contributed by atoms with Crippen molar-refractivity contribution >= 4 is 22.7 Å². The standard InChI is InChI=1S/C26H30FN3O3/c1-18(17-30-14-11-19-5-3-4-6-23(19)30)28-24(31)9-12-26(13-10-25(32)29-26)16-20-7-8-21(33-2)15-22(20)27/h3-8,11,14-15,18H,9-10,12-13,16-17H2,1-2H3,(H,28,31)(H,29,32). The van der Waals surface area contributed by atoms with E-state index in [1.807, 2.05) is 25.3 Å². The maximum Gasteiger partial charge on any atom is 0.220 e. The number of amides is 2. The molecule has 2 unspecified atom stereocenters. The number of para-hydroxylation sites is 1. The van der Waals surface area contributed by atoms with E-state index in [2.05, 4.69) is 33.4 Å². The fourth-order valence-corrected chi connectivity index (χ4v) is 4.69. The molecule has 174 valence electrons. The average molecular weight is 452 g/mol. The number of benzene rings is 2. The van der Waals surface area contributed by atoms with Gasteiger partial charge in [-0.15, -0.1) is 0 Å². The predicted molar refractivity (Wildman–Crippen MR) is 126 cm³/mol. The summed E-state index contributed by atoms with van der Waals surface area (Å²) in [5.41, 5.74) is 1.02. The molecular formula is C26H30FN3O3. The highest BCUT2D eigenvalue weighted by Crippen LogP contribution is 2.31. The first-order chi connectivity index (χ1) is 15.9. The summed E-state index contributed by atoms with van der Waals surface area (Å²) in [5.74, 6) is -0.0524. The first-order valence-electron chi connectivity index (χ1n) is 11.3. The Balaban J connectivity index is 1.36. The third-order valence-electron chi connectivity index (χ3n) is 6.41. The van der Waals surface area contributed by atoms with Crippen LogP contribution in [0.5, 0.6) is 5.75 Å². The fourth-order valence-electron chi connectivity index (χ4n) is 4.69. The number of ether oxygens (including phenoxy) is 1. The van der Waals surface area contributed by atoms with Crippen LogP contribution in [-0.2, 0) is 22.6 Å². The summed E-state index contributed by atoms with van der Waals surface area (Å²) in [5, 5.41) is 7.25. The van der Waals surface area contributed by atoms with Crippen LogP contribution >= 0.6 is 0 Å². The van der Waals surface area contributed by atoms with Crippen LogP contribution < -0.4 is 15.4 Å². The molecule has 2 heterocycles. The summed E-state index contributed by atoms with van der Waals surface area (Å²) in [4.78, 5) is 24.7. The number of methoxy groups -OCH3 is 1. The van der Waals surface area contributed by atoms with Crippen molar-refractivity contribution in [2.45, 2.75) is 57.2 Å². The number of carbonyl (C=O) groups excluding carboxylic acids is 2. The lowest BCUT2D eigenvalue weighted by molar-refractivity contribution is -0.123. The molecule has 1 saturated heterocycles. The van der Waals surface area contributed by atoms with Gasteiger partial charge in [-0.05, 0) is 55.3 Å². The molecule has 3 aromatic rings. The number of rotatable bonds is 9. The van der Waals surface area contributed by atoms with E-state index in [4.69, 9.17) is 4.74 Å². The van der Waals surface area contributed by atoms with Crippen molar-refractivity contribution in [1.82, 2.24) is 15.2 Å². The van der Waals surface area contributed by atoms with E-state index < -0.39 is 5.54 Å². The van der Waals surface area contributed by atoms with Crippen LogP contribution in [0.15, 0.2) is 54.7 Å². The molecule has 0 saturated carbocycles. The van der Waals surface area contributed by atoms with Gasteiger partial charge in [-0.1, -0.05) is 24.3 Å². The van der Waals surface area contributed by atoms with Crippen molar-refractivity contribution in [1.29, 1.82) is 0 Å². The first kappa shape index (κ1) is 22.8. The predicted octanol–water partition coefficient (Wildman–Crippen LogP) is 3.97. The smallest absolute Gasteiger partial charge is 0.220 e. The lowest BCUT2D eigenvalue weighted by Crippen LogP contribution is -2.45. The molecule has 2 amide bonds. The van der Waals surface area contributed by atoms with Crippen LogP contribution in [-0.4, -0.2) is 35.1 Å². The van der Waals surface area contributed by atoms with Gasteiger partial charge in [0.1, 0.15) is 11.6 Å². The Morgan fingerprint density at radius 2 is 2.09 bits per heavy atom. The molecule has 2 aromatic carbocycles. The van der Waals surface area contributed by atoms with E-state index in [0.29, 0.717) is 43.5 Å². The van der Waals surface area contributed by atoms with Crippen molar-refractivity contribution < 1.29 is 18.7 Å². The quantitative estimate of drug-likeness (QED) is 0.517. The van der Waals surface area contributed by atoms with E-state index in [1.54, 1.807) is 12.1 Å². The average Bonchev–Trinajstić information content (AvgIpc) is 3.37. The molecule has 4 rings (SSSR count). The third-order valence-corrected chi connectivity index (χ3v) is 6.41. The number of carbonyl (C=O) groups is 2. The number of hydrogen-bond acceptors (Lipinski definition) is 3. The van der Waals surface area contributed by atoms with Gasteiger partial charge in [-0.25, -0.2) is 4.39 Å². The molecule has 1 fully saturated rings. The fraction of sp³-hybridized carbons (Fsp3) is 0.385. The minimum Gasteiger partial charge on any atom is -0.497 e. The maximum atomic E-state index is 14.5. The maximum absolute atomic E-state index is 14.5. The zero-order valence-electron chi connectivity index (χ0n) is 19.1. The summed E-state index contributed by atoms with van der Waals surface area (Å²) < 4.78 is 21.8. The summed E-state index contributed by atoms with van der Waals surface area (Å²) in [7, 11) is 1.49. The van der Waals surface area contributed by atoms with E-state index in [1.165, 1.54) is 18.6 Å². The molecule has 0 radical (unpaired) electrons. The highest BCUT2D eigenvalue weighted by Gasteiger charge is 2.38. The van der Waals surface area contributed by atoms with Gasteiger partial charge in [0.25, 0.3) is 0 Å². The van der Waals surface area contributed by atoms with Crippen LogP contribution in [0.25, 0.3) is 10.9 Å². The molecular weight excluding hydrogens is 421 g/mol. The molecule has 0 aliphatic carbocycles. The number of hydrogen-bond donors (Lipinski definition) is 2. The molecule has 2 N–H and O–H groups in total. The lowest BCUT2D eigenvalue weighted by atomic mass is 9.84. The van der Waals surface area contributed by atoms with Gasteiger partial charge in [0, 0.05) is 48.7 Å². The van der Waals surface area contributed by atoms with Crippen LogP contribution in [0.1, 0.15) is 38.2 Å². The van der Waals surface area contributed by atoms with Gasteiger partial charge in [-0.2, -0.15) is 0 Å². The second kappa shape index (κ2) is 9.65. The molecule has 1 aliphatic rings. The number of nitrogens with zero attached hydrogens (tertiary/aromatic N) is 1. The number of aromatic nitrogens is 1. The van der Waals surface area contributed by atoms with E-state index >= 15 is 0 Å². The van der Waals surface area contributed by atoms with Crippen molar-refractivity contribution in [2.75, 3.05) is 7.11 Å². The largest absolute Gasteiger partial charge is 0.497 e. The summed E-state index contributed by atoms with van der Waals surface area (Å²) >= 11 is 0. The third kappa shape index (κ3) is 5.35. The van der Waals surface area contributed by atoms with Gasteiger partial charge in [0.15, 0.2) is 0 Å². The highest BCUT2D eigenvalue weighted by molar-refractivity contribution is 5.81. The molecule has 1 aliphatic heterocycles. The summed E-state index contributed by atoms with van der Waals surface area (Å²) in [6.45, 7) is 2.64. The Morgan fingerprint density at radius 1 is 1.27 bits per heavy atom. The number of fused-ring (bicyclic) bond motifs is 1. The highest BCUT2D eigenvalue weighted by atomic mass is 19.1. The van der Waals surface area contributed by atoms with Crippen LogP contribution in [0.4, 0.5) is 4.39 Å². The number of halogens is 1. The molecule has 1 aromatic heterocycles. The first-order valence-corrected chi connectivity index (χ1v) is 11.3. The van der Waals surface area contributed by atoms with Crippen molar-refractivity contribution in [3.63, 3.8) is 0 Å². The minimum atomic E-state index is -0.621. The normalized spacial score (nSPS) is 18.8. The van der Waals surface area contributed by atoms with E-state index in [0.717, 1.165) is 5.52 Å². The Bertz CT molecular complexity index is 1160. The Morgan fingerprint density at radius 3 is 2.82 bits per heavy atom. The van der Waals surface area contributed by atoms with Crippen molar-refractivity contribution in [3.8, 4) is 5.75 Å². The van der Waals surface area contributed by atoms with Gasteiger partial charge in [-0.3, -0.25) is 9.59 Å². The molecule has 33 heavy (non-hydrogen) atoms. The molecule has 0 spiro atoms. The molecule has 2 atom stereocenters. The van der Waals surface area contributed by atoms with Gasteiger partial charge in [0.2, 0.25) is 11.8 Å². The minimum absolute atomic E-state index is 0.0542.